The summed E-state index contributed by atoms with van der Waals surface area (Å²) in [6.45, 7) is 6.01. The zero-order valence-electron chi connectivity index (χ0n) is 11.7. The Kier molecular flexibility index (Phi) is 5.86. The Balaban J connectivity index is 2.47. The van der Waals surface area contributed by atoms with Gasteiger partial charge in [-0.05, 0) is 54.1 Å². The molecule has 0 aliphatic carbocycles. The van der Waals surface area contributed by atoms with Gasteiger partial charge >= 0.3 is 0 Å². The van der Waals surface area contributed by atoms with Gasteiger partial charge in [-0.15, -0.1) is 0 Å². The van der Waals surface area contributed by atoms with Crippen LogP contribution in [0.25, 0.3) is 0 Å². The second-order valence-corrected chi connectivity index (χ2v) is 6.17. The Morgan fingerprint density at radius 3 is 2.75 bits per heavy atom. The average molecular weight is 404 g/mol. The second kappa shape index (κ2) is 7.43. The highest BCUT2D eigenvalue weighted by atomic mass is 127. The van der Waals surface area contributed by atoms with Crippen molar-refractivity contribution in [1.29, 1.82) is 0 Å². The van der Waals surface area contributed by atoms with Crippen LogP contribution in [0.1, 0.15) is 37.6 Å². The van der Waals surface area contributed by atoms with Gasteiger partial charge in [0.05, 0.1) is 23.0 Å². The van der Waals surface area contributed by atoms with E-state index >= 15 is 0 Å². The summed E-state index contributed by atoms with van der Waals surface area (Å²) in [4.78, 5) is 0. The lowest BCUT2D eigenvalue weighted by Gasteiger charge is -2.22. The summed E-state index contributed by atoms with van der Waals surface area (Å²) < 4.78 is 3.21. The molecule has 2 aromatic rings. The number of halogens is 2. The van der Waals surface area contributed by atoms with E-state index in [0.717, 1.165) is 30.2 Å². The molecule has 1 aromatic heterocycles. The predicted molar refractivity (Wildman–Crippen MR) is 92.2 cm³/mol. The van der Waals surface area contributed by atoms with Crippen molar-refractivity contribution in [2.24, 2.45) is 0 Å². The van der Waals surface area contributed by atoms with E-state index in [-0.39, 0.29) is 6.04 Å². The number of rotatable bonds is 6. The molecule has 5 heteroatoms. The Morgan fingerprint density at radius 1 is 1.35 bits per heavy atom. The number of hydrogen-bond acceptors (Lipinski definition) is 2. The minimum atomic E-state index is 0.0815. The van der Waals surface area contributed by atoms with Crippen molar-refractivity contribution in [3.8, 4) is 0 Å². The zero-order valence-corrected chi connectivity index (χ0v) is 14.6. The van der Waals surface area contributed by atoms with E-state index in [4.69, 9.17) is 11.6 Å². The molecule has 2 rings (SSSR count). The quantitative estimate of drug-likeness (QED) is 0.731. The summed E-state index contributed by atoms with van der Waals surface area (Å²) in [5.74, 6) is 0. The van der Waals surface area contributed by atoms with Crippen molar-refractivity contribution < 1.29 is 0 Å². The molecule has 0 saturated carbocycles. The average Bonchev–Trinajstić information content (AvgIpc) is 2.82. The molecule has 0 saturated heterocycles. The van der Waals surface area contributed by atoms with E-state index in [0.29, 0.717) is 0 Å². The molecule has 0 bridgehead atoms. The second-order valence-electron chi connectivity index (χ2n) is 4.60. The van der Waals surface area contributed by atoms with Crippen molar-refractivity contribution in [3.63, 3.8) is 0 Å². The van der Waals surface area contributed by atoms with E-state index < -0.39 is 0 Å². The van der Waals surface area contributed by atoms with Gasteiger partial charge < -0.3 is 5.32 Å². The monoisotopic (exact) mass is 403 g/mol. The van der Waals surface area contributed by atoms with Crippen LogP contribution in [0.15, 0.2) is 30.5 Å². The zero-order chi connectivity index (χ0) is 14.5. The maximum absolute atomic E-state index is 6.37. The molecule has 0 aliphatic heterocycles. The summed E-state index contributed by atoms with van der Waals surface area (Å²) in [7, 11) is 0. The maximum atomic E-state index is 6.37. The Labute approximate surface area is 138 Å². The van der Waals surface area contributed by atoms with Gasteiger partial charge in [-0.1, -0.05) is 36.7 Å². The lowest BCUT2D eigenvalue weighted by atomic mass is 10.0. The van der Waals surface area contributed by atoms with Crippen LogP contribution in [0.4, 0.5) is 0 Å². The Hall–Kier alpha value is -0.590. The molecule has 1 N–H and O–H groups in total. The first kappa shape index (κ1) is 15.8. The van der Waals surface area contributed by atoms with E-state index in [1.165, 1.54) is 9.13 Å². The highest BCUT2D eigenvalue weighted by Crippen LogP contribution is 2.30. The van der Waals surface area contributed by atoms with Crippen LogP contribution in [-0.4, -0.2) is 16.3 Å². The molecule has 20 heavy (non-hydrogen) atoms. The van der Waals surface area contributed by atoms with E-state index in [2.05, 4.69) is 71.1 Å². The van der Waals surface area contributed by atoms with Crippen molar-refractivity contribution in [1.82, 2.24) is 15.1 Å². The molecule has 0 aliphatic rings. The van der Waals surface area contributed by atoms with Gasteiger partial charge in [-0.2, -0.15) is 5.10 Å². The third-order valence-electron chi connectivity index (χ3n) is 3.22. The van der Waals surface area contributed by atoms with E-state index in [1.807, 2.05) is 4.68 Å². The van der Waals surface area contributed by atoms with Crippen LogP contribution in [0.2, 0.25) is 5.02 Å². The van der Waals surface area contributed by atoms with Crippen LogP contribution >= 0.6 is 34.2 Å². The Bertz CT molecular complexity index is 568. The minimum absolute atomic E-state index is 0.0815. The number of aryl methyl sites for hydroxylation is 1. The van der Waals surface area contributed by atoms with Crippen LogP contribution in [0.5, 0.6) is 0 Å². The van der Waals surface area contributed by atoms with Crippen LogP contribution in [0.3, 0.4) is 0 Å². The van der Waals surface area contributed by atoms with Gasteiger partial charge in [-0.25, -0.2) is 0 Å². The molecule has 1 atom stereocenters. The van der Waals surface area contributed by atoms with Gasteiger partial charge in [0.2, 0.25) is 0 Å². The lowest BCUT2D eigenvalue weighted by molar-refractivity contribution is 0.528. The number of nitrogens with zero attached hydrogens (tertiary/aromatic N) is 2. The first-order chi connectivity index (χ1) is 9.69. The fraction of sp³-hybridized carbons (Fsp3) is 0.400. The largest absolute Gasteiger partial charge is 0.305 e. The lowest BCUT2D eigenvalue weighted by Crippen LogP contribution is -2.26. The topological polar surface area (TPSA) is 29.9 Å². The molecule has 108 valence electrons. The third-order valence-corrected chi connectivity index (χ3v) is 4.49. The predicted octanol–water partition coefficient (Wildman–Crippen LogP) is 4.25. The third kappa shape index (κ3) is 3.35. The molecule has 1 aromatic carbocycles. The molecule has 1 unspecified atom stereocenters. The SMILES string of the molecule is CCCNC(c1ccccc1I)c1c(Cl)cnn1CC. The van der Waals surface area contributed by atoms with E-state index in [9.17, 15) is 0 Å². The van der Waals surface area contributed by atoms with Crippen molar-refractivity contribution in [3.05, 3.63) is 50.3 Å². The summed E-state index contributed by atoms with van der Waals surface area (Å²) in [5.41, 5.74) is 2.30. The highest BCUT2D eigenvalue weighted by molar-refractivity contribution is 14.1. The van der Waals surface area contributed by atoms with Crippen molar-refractivity contribution in [2.45, 2.75) is 32.9 Å². The maximum Gasteiger partial charge on any atom is 0.0837 e. The summed E-state index contributed by atoms with van der Waals surface area (Å²) >= 11 is 8.75. The number of nitrogens with one attached hydrogen (secondary N) is 1. The normalized spacial score (nSPS) is 12.6. The van der Waals surface area contributed by atoms with Gasteiger partial charge in [0, 0.05) is 10.1 Å². The molecular weight excluding hydrogens is 385 g/mol. The molecule has 1 heterocycles. The summed E-state index contributed by atoms with van der Waals surface area (Å²) in [6, 6.07) is 8.48. The van der Waals surface area contributed by atoms with Crippen LogP contribution in [-0.2, 0) is 6.54 Å². The summed E-state index contributed by atoms with van der Waals surface area (Å²) in [5, 5.41) is 8.68. The highest BCUT2D eigenvalue weighted by Gasteiger charge is 2.22. The first-order valence-corrected chi connectivity index (χ1v) is 8.33. The molecule has 3 nitrogen and oxygen atoms in total. The van der Waals surface area contributed by atoms with Crippen LogP contribution < -0.4 is 5.32 Å². The molecule has 0 fully saturated rings. The fourth-order valence-electron chi connectivity index (χ4n) is 2.26. The van der Waals surface area contributed by atoms with Gasteiger partial charge in [0.15, 0.2) is 0 Å². The number of hydrogen-bond donors (Lipinski definition) is 1. The first-order valence-electron chi connectivity index (χ1n) is 6.88. The van der Waals surface area contributed by atoms with Crippen molar-refractivity contribution in [2.75, 3.05) is 6.54 Å². The van der Waals surface area contributed by atoms with Gasteiger partial charge in [0.1, 0.15) is 0 Å². The standard InChI is InChI=1S/C15H19ClIN3/c1-3-9-18-14(11-7-5-6-8-13(11)17)15-12(16)10-19-20(15)4-2/h5-8,10,14,18H,3-4,9H2,1-2H3. The smallest absolute Gasteiger partial charge is 0.0837 e. The van der Waals surface area contributed by atoms with E-state index in [1.54, 1.807) is 6.20 Å². The van der Waals surface area contributed by atoms with Gasteiger partial charge in [-0.3, -0.25) is 4.68 Å². The molecule has 0 radical (unpaired) electrons. The van der Waals surface area contributed by atoms with Gasteiger partial charge in [0.25, 0.3) is 0 Å². The molecule has 0 spiro atoms. The molecular formula is C15H19ClIN3. The minimum Gasteiger partial charge on any atom is -0.305 e. The van der Waals surface area contributed by atoms with Crippen molar-refractivity contribution >= 4 is 34.2 Å². The molecule has 0 amide bonds. The number of benzene rings is 1. The summed E-state index contributed by atoms with van der Waals surface area (Å²) in [6.07, 6.45) is 2.81. The number of aromatic nitrogens is 2. The van der Waals surface area contributed by atoms with Crippen LogP contribution in [0, 0.1) is 3.57 Å². The Morgan fingerprint density at radius 2 is 2.10 bits per heavy atom. The fourth-order valence-corrected chi connectivity index (χ4v) is 3.21.